The summed E-state index contributed by atoms with van der Waals surface area (Å²) in [6.07, 6.45) is 0.708. The van der Waals surface area contributed by atoms with Crippen LogP contribution in [0.4, 0.5) is 0 Å². The Balaban J connectivity index is 2.50. The summed E-state index contributed by atoms with van der Waals surface area (Å²) >= 11 is 0. The SMILES string of the molecule is CCCS(=O)(=O)N1CC[NH+](C(C)C)CC1. The average Bonchev–Trinajstić information content (AvgIpc) is 2.18. The molecule has 90 valence electrons. The summed E-state index contributed by atoms with van der Waals surface area (Å²) in [5.41, 5.74) is 0. The van der Waals surface area contributed by atoms with E-state index in [2.05, 4.69) is 13.8 Å². The second-order valence-electron chi connectivity index (χ2n) is 4.53. The number of rotatable bonds is 4. The number of quaternary nitrogens is 1. The van der Waals surface area contributed by atoms with Crippen molar-refractivity contribution in [2.75, 3.05) is 31.9 Å². The van der Waals surface area contributed by atoms with Crippen molar-refractivity contribution in [3.05, 3.63) is 0 Å². The molecule has 1 heterocycles. The van der Waals surface area contributed by atoms with Gasteiger partial charge < -0.3 is 4.90 Å². The predicted octanol–water partition coefficient (Wildman–Crippen LogP) is -0.665. The van der Waals surface area contributed by atoms with E-state index in [4.69, 9.17) is 0 Å². The minimum Gasteiger partial charge on any atom is -0.331 e. The van der Waals surface area contributed by atoms with Gasteiger partial charge in [-0.25, -0.2) is 8.42 Å². The number of hydrogen-bond acceptors (Lipinski definition) is 2. The first-order chi connectivity index (χ1) is 6.97. The van der Waals surface area contributed by atoms with Crippen molar-refractivity contribution in [3.8, 4) is 0 Å². The molecule has 0 aromatic carbocycles. The Hall–Kier alpha value is -0.130. The maximum atomic E-state index is 11.8. The molecule has 1 saturated heterocycles. The van der Waals surface area contributed by atoms with E-state index in [0.717, 1.165) is 13.1 Å². The molecule has 1 N–H and O–H groups in total. The summed E-state index contributed by atoms with van der Waals surface area (Å²) in [6.45, 7) is 9.55. The van der Waals surface area contributed by atoms with Gasteiger partial charge in [0.25, 0.3) is 0 Å². The lowest BCUT2D eigenvalue weighted by Gasteiger charge is -2.33. The number of nitrogens with zero attached hydrogens (tertiary/aromatic N) is 1. The first-order valence-corrected chi connectivity index (χ1v) is 7.40. The van der Waals surface area contributed by atoms with E-state index in [9.17, 15) is 8.42 Å². The van der Waals surface area contributed by atoms with Gasteiger partial charge in [0.15, 0.2) is 0 Å². The van der Waals surface area contributed by atoms with Crippen LogP contribution in [-0.4, -0.2) is 50.7 Å². The second kappa shape index (κ2) is 5.27. The highest BCUT2D eigenvalue weighted by Gasteiger charge is 2.29. The van der Waals surface area contributed by atoms with Crippen LogP contribution in [0.5, 0.6) is 0 Å². The average molecular weight is 235 g/mol. The smallest absolute Gasteiger partial charge is 0.214 e. The Kier molecular flexibility index (Phi) is 4.55. The summed E-state index contributed by atoms with van der Waals surface area (Å²) in [5, 5.41) is 0. The molecule has 0 aliphatic carbocycles. The number of piperazine rings is 1. The molecule has 0 spiro atoms. The molecule has 1 aliphatic heterocycles. The highest BCUT2D eigenvalue weighted by atomic mass is 32.2. The van der Waals surface area contributed by atoms with Gasteiger partial charge >= 0.3 is 0 Å². The lowest BCUT2D eigenvalue weighted by molar-refractivity contribution is -0.924. The lowest BCUT2D eigenvalue weighted by atomic mass is 10.3. The second-order valence-corrected chi connectivity index (χ2v) is 6.62. The Morgan fingerprint density at radius 2 is 1.80 bits per heavy atom. The van der Waals surface area contributed by atoms with E-state index in [-0.39, 0.29) is 0 Å². The Morgan fingerprint density at radius 1 is 1.27 bits per heavy atom. The van der Waals surface area contributed by atoms with Crippen LogP contribution in [0.25, 0.3) is 0 Å². The third-order valence-corrected chi connectivity index (χ3v) is 5.11. The van der Waals surface area contributed by atoms with Gasteiger partial charge in [0.05, 0.1) is 38.0 Å². The molecule has 0 atom stereocenters. The third-order valence-electron chi connectivity index (χ3n) is 3.04. The summed E-state index contributed by atoms with van der Waals surface area (Å²) in [4.78, 5) is 1.51. The van der Waals surface area contributed by atoms with Crippen molar-refractivity contribution < 1.29 is 13.3 Å². The largest absolute Gasteiger partial charge is 0.331 e. The summed E-state index contributed by atoms with van der Waals surface area (Å²) < 4.78 is 25.2. The van der Waals surface area contributed by atoms with E-state index in [0.29, 0.717) is 31.3 Å². The van der Waals surface area contributed by atoms with E-state index in [1.807, 2.05) is 6.92 Å². The summed E-state index contributed by atoms with van der Waals surface area (Å²) in [6, 6.07) is 0.598. The Bertz CT molecular complexity index is 280. The highest BCUT2D eigenvalue weighted by molar-refractivity contribution is 7.89. The molecule has 0 bridgehead atoms. The van der Waals surface area contributed by atoms with Crippen LogP contribution in [0.2, 0.25) is 0 Å². The van der Waals surface area contributed by atoms with Crippen molar-refractivity contribution >= 4 is 10.0 Å². The van der Waals surface area contributed by atoms with Gasteiger partial charge in [0, 0.05) is 0 Å². The van der Waals surface area contributed by atoms with Gasteiger partial charge in [-0.15, -0.1) is 0 Å². The number of hydrogen-bond donors (Lipinski definition) is 1. The summed E-state index contributed by atoms with van der Waals surface area (Å²) in [5.74, 6) is 0.296. The fraction of sp³-hybridized carbons (Fsp3) is 1.00. The molecule has 4 nitrogen and oxygen atoms in total. The van der Waals surface area contributed by atoms with Gasteiger partial charge in [-0.1, -0.05) is 6.92 Å². The van der Waals surface area contributed by atoms with E-state index >= 15 is 0 Å². The molecule has 15 heavy (non-hydrogen) atoms. The Morgan fingerprint density at radius 3 is 2.20 bits per heavy atom. The normalized spacial score (nSPS) is 21.1. The molecule has 0 aromatic heterocycles. The highest BCUT2D eigenvalue weighted by Crippen LogP contribution is 2.03. The van der Waals surface area contributed by atoms with E-state index < -0.39 is 10.0 Å². The molecule has 0 amide bonds. The van der Waals surface area contributed by atoms with Gasteiger partial charge in [0.2, 0.25) is 10.0 Å². The zero-order chi connectivity index (χ0) is 11.5. The van der Waals surface area contributed by atoms with Crippen molar-refractivity contribution in [1.82, 2.24) is 4.31 Å². The topological polar surface area (TPSA) is 41.8 Å². The molecule has 0 radical (unpaired) electrons. The molecular formula is C10H23N2O2S+. The van der Waals surface area contributed by atoms with Crippen LogP contribution < -0.4 is 4.90 Å². The fourth-order valence-electron chi connectivity index (χ4n) is 2.02. The van der Waals surface area contributed by atoms with E-state index in [1.165, 1.54) is 4.90 Å². The van der Waals surface area contributed by atoms with Gasteiger partial charge in [-0.2, -0.15) is 4.31 Å². The first-order valence-electron chi connectivity index (χ1n) is 5.79. The van der Waals surface area contributed by atoms with Crippen LogP contribution in [0, 0.1) is 0 Å². The molecule has 1 fully saturated rings. The minimum atomic E-state index is -2.96. The van der Waals surface area contributed by atoms with Crippen molar-refractivity contribution in [1.29, 1.82) is 0 Å². The van der Waals surface area contributed by atoms with Gasteiger partial charge in [-0.3, -0.25) is 0 Å². The van der Waals surface area contributed by atoms with Crippen LogP contribution >= 0.6 is 0 Å². The van der Waals surface area contributed by atoms with Crippen molar-refractivity contribution in [2.45, 2.75) is 33.2 Å². The molecule has 1 rings (SSSR count). The zero-order valence-electron chi connectivity index (χ0n) is 9.99. The molecule has 0 saturated carbocycles. The van der Waals surface area contributed by atoms with Crippen LogP contribution in [0.3, 0.4) is 0 Å². The molecular weight excluding hydrogens is 212 g/mol. The van der Waals surface area contributed by atoms with Gasteiger partial charge in [0.1, 0.15) is 0 Å². The van der Waals surface area contributed by atoms with Crippen LogP contribution in [-0.2, 0) is 10.0 Å². The van der Waals surface area contributed by atoms with Crippen molar-refractivity contribution in [3.63, 3.8) is 0 Å². The zero-order valence-corrected chi connectivity index (χ0v) is 10.8. The van der Waals surface area contributed by atoms with Crippen LogP contribution in [0.1, 0.15) is 27.2 Å². The molecule has 1 aliphatic rings. The predicted molar refractivity (Wildman–Crippen MR) is 61.5 cm³/mol. The standard InChI is InChI=1S/C10H22N2O2S/c1-4-9-15(13,14)12-7-5-11(6-8-12)10(2)3/h10H,4-9H2,1-3H3/p+1. The Labute approximate surface area is 93.3 Å². The van der Waals surface area contributed by atoms with Crippen LogP contribution in [0.15, 0.2) is 0 Å². The minimum absolute atomic E-state index is 0.296. The number of sulfonamides is 1. The lowest BCUT2D eigenvalue weighted by Crippen LogP contribution is -3.17. The maximum Gasteiger partial charge on any atom is 0.214 e. The summed E-state index contributed by atoms with van der Waals surface area (Å²) in [7, 11) is -2.96. The van der Waals surface area contributed by atoms with Gasteiger partial charge in [-0.05, 0) is 20.3 Å². The maximum absolute atomic E-state index is 11.8. The van der Waals surface area contributed by atoms with E-state index in [1.54, 1.807) is 4.31 Å². The third kappa shape index (κ3) is 3.43. The fourth-order valence-corrected chi connectivity index (χ4v) is 3.53. The molecule has 0 aromatic rings. The quantitative estimate of drug-likeness (QED) is 0.702. The molecule has 0 unspecified atom stereocenters. The number of nitrogens with one attached hydrogen (secondary N) is 1. The van der Waals surface area contributed by atoms with Crippen molar-refractivity contribution in [2.24, 2.45) is 0 Å². The monoisotopic (exact) mass is 235 g/mol. The first kappa shape index (κ1) is 12.9. The molecule has 5 heteroatoms.